The Balaban J connectivity index is 1.37. The summed E-state index contributed by atoms with van der Waals surface area (Å²) in [5, 5.41) is 21.6. The Bertz CT molecular complexity index is 1200. The normalized spacial score (nSPS) is 10.5. The van der Waals surface area contributed by atoms with Gasteiger partial charge in [0, 0.05) is 24.3 Å². The number of nitrogens with zero attached hydrogens (tertiary/aromatic N) is 2. The minimum Gasteiger partial charge on any atom is -0.457 e. The fourth-order valence-electron chi connectivity index (χ4n) is 3.36. The molecule has 34 heavy (non-hydrogen) atoms. The molecular formula is C26H20N2O6. The highest BCUT2D eigenvalue weighted by Gasteiger charge is 2.07. The van der Waals surface area contributed by atoms with Gasteiger partial charge in [0.15, 0.2) is 0 Å². The van der Waals surface area contributed by atoms with Crippen molar-refractivity contribution in [2.75, 3.05) is 0 Å². The van der Waals surface area contributed by atoms with Crippen LogP contribution in [0.2, 0.25) is 0 Å². The minimum absolute atomic E-state index is 0.0147. The van der Waals surface area contributed by atoms with Gasteiger partial charge in [-0.2, -0.15) is 0 Å². The van der Waals surface area contributed by atoms with Crippen LogP contribution < -0.4 is 9.47 Å². The van der Waals surface area contributed by atoms with Gasteiger partial charge in [-0.15, -0.1) is 0 Å². The number of hydrogen-bond donors (Lipinski definition) is 0. The maximum atomic E-state index is 10.8. The average molecular weight is 456 g/mol. The van der Waals surface area contributed by atoms with Crippen LogP contribution in [-0.2, 0) is 12.8 Å². The van der Waals surface area contributed by atoms with Crippen molar-refractivity contribution in [1.29, 1.82) is 0 Å². The molecule has 8 nitrogen and oxygen atoms in total. The zero-order valence-electron chi connectivity index (χ0n) is 18.0. The first-order chi connectivity index (χ1) is 16.5. The molecule has 4 rings (SSSR count). The summed E-state index contributed by atoms with van der Waals surface area (Å²) in [4.78, 5) is 20.7. The molecule has 0 spiro atoms. The summed E-state index contributed by atoms with van der Waals surface area (Å²) >= 11 is 0. The SMILES string of the molecule is O=[N+]([O-])c1ccc(Oc2cccc(CCc3cccc(Oc4ccc([N+](=O)[O-])cc4)c3)c2)cc1. The Hall–Kier alpha value is -4.72. The van der Waals surface area contributed by atoms with Gasteiger partial charge in [-0.3, -0.25) is 20.2 Å². The molecule has 4 aromatic rings. The van der Waals surface area contributed by atoms with Crippen molar-refractivity contribution in [2.45, 2.75) is 12.8 Å². The molecule has 0 fully saturated rings. The molecule has 0 aromatic heterocycles. The predicted octanol–water partition coefficient (Wildman–Crippen LogP) is 6.87. The molecule has 0 saturated heterocycles. The standard InChI is InChI=1S/C26H20N2O6/c29-27(30)21-9-13-23(14-10-21)33-25-5-1-3-19(17-25)7-8-20-4-2-6-26(18-20)34-24-15-11-22(12-16-24)28(31)32/h1-6,9-18H,7-8H2. The predicted molar refractivity (Wildman–Crippen MR) is 127 cm³/mol. The molecule has 0 aliphatic rings. The van der Waals surface area contributed by atoms with Crippen molar-refractivity contribution < 1.29 is 19.3 Å². The monoisotopic (exact) mass is 456 g/mol. The quantitative estimate of drug-likeness (QED) is 0.201. The van der Waals surface area contributed by atoms with Crippen LogP contribution in [0.4, 0.5) is 11.4 Å². The van der Waals surface area contributed by atoms with Crippen molar-refractivity contribution in [3.8, 4) is 23.0 Å². The van der Waals surface area contributed by atoms with Crippen molar-refractivity contribution in [3.05, 3.63) is 128 Å². The summed E-state index contributed by atoms with van der Waals surface area (Å²) in [7, 11) is 0. The van der Waals surface area contributed by atoms with Gasteiger partial charge >= 0.3 is 0 Å². The lowest BCUT2D eigenvalue weighted by Crippen LogP contribution is -1.94. The Labute approximate surface area is 195 Å². The van der Waals surface area contributed by atoms with E-state index in [1.807, 2.05) is 48.5 Å². The second-order valence-electron chi connectivity index (χ2n) is 7.50. The van der Waals surface area contributed by atoms with Gasteiger partial charge in [0.2, 0.25) is 0 Å². The first-order valence-electron chi connectivity index (χ1n) is 10.5. The largest absolute Gasteiger partial charge is 0.457 e. The van der Waals surface area contributed by atoms with E-state index in [0.29, 0.717) is 23.0 Å². The highest BCUT2D eigenvalue weighted by Crippen LogP contribution is 2.27. The van der Waals surface area contributed by atoms with Crippen molar-refractivity contribution in [2.24, 2.45) is 0 Å². The van der Waals surface area contributed by atoms with Crippen LogP contribution in [-0.4, -0.2) is 9.85 Å². The van der Waals surface area contributed by atoms with Crippen molar-refractivity contribution in [3.63, 3.8) is 0 Å². The second kappa shape index (κ2) is 10.3. The van der Waals surface area contributed by atoms with E-state index in [1.165, 1.54) is 24.3 Å². The first kappa shape index (κ1) is 22.5. The molecule has 0 unspecified atom stereocenters. The zero-order chi connectivity index (χ0) is 23.9. The van der Waals surface area contributed by atoms with Crippen LogP contribution in [0, 0.1) is 20.2 Å². The van der Waals surface area contributed by atoms with Crippen LogP contribution >= 0.6 is 0 Å². The molecule has 0 saturated carbocycles. The zero-order valence-corrected chi connectivity index (χ0v) is 18.0. The summed E-state index contributed by atoms with van der Waals surface area (Å²) in [6.07, 6.45) is 1.55. The highest BCUT2D eigenvalue weighted by molar-refractivity contribution is 5.41. The molecule has 0 aliphatic heterocycles. The Morgan fingerprint density at radius 1 is 0.529 bits per heavy atom. The lowest BCUT2D eigenvalue weighted by Gasteiger charge is -2.09. The Morgan fingerprint density at radius 2 is 0.912 bits per heavy atom. The lowest BCUT2D eigenvalue weighted by atomic mass is 10.0. The Morgan fingerprint density at radius 3 is 1.26 bits per heavy atom. The molecule has 0 N–H and O–H groups in total. The van der Waals surface area contributed by atoms with Gasteiger partial charge in [0.05, 0.1) is 9.85 Å². The third-order valence-electron chi connectivity index (χ3n) is 5.07. The van der Waals surface area contributed by atoms with Crippen LogP contribution in [0.15, 0.2) is 97.1 Å². The summed E-state index contributed by atoms with van der Waals surface area (Å²) in [6, 6.07) is 27.3. The van der Waals surface area contributed by atoms with E-state index >= 15 is 0 Å². The highest BCUT2D eigenvalue weighted by atomic mass is 16.6. The Kier molecular flexibility index (Phi) is 6.78. The molecular weight excluding hydrogens is 436 g/mol. The van der Waals surface area contributed by atoms with Crippen LogP contribution in [0.1, 0.15) is 11.1 Å². The third kappa shape index (κ3) is 5.95. The maximum Gasteiger partial charge on any atom is 0.269 e. The number of nitro benzene ring substituents is 2. The number of aryl methyl sites for hydroxylation is 2. The smallest absolute Gasteiger partial charge is 0.269 e. The van der Waals surface area contributed by atoms with Gasteiger partial charge in [0.25, 0.3) is 11.4 Å². The number of non-ortho nitro benzene ring substituents is 2. The molecule has 0 bridgehead atoms. The number of benzene rings is 4. The molecule has 0 radical (unpaired) electrons. The van der Waals surface area contributed by atoms with E-state index < -0.39 is 9.85 Å². The summed E-state index contributed by atoms with van der Waals surface area (Å²) < 4.78 is 11.7. The van der Waals surface area contributed by atoms with Gasteiger partial charge in [0.1, 0.15) is 23.0 Å². The number of rotatable bonds is 9. The molecule has 0 aliphatic carbocycles. The molecule has 170 valence electrons. The summed E-state index contributed by atoms with van der Waals surface area (Å²) in [5.41, 5.74) is 2.20. The first-order valence-corrected chi connectivity index (χ1v) is 10.5. The number of ether oxygens (including phenoxy) is 2. The van der Waals surface area contributed by atoms with E-state index in [4.69, 9.17) is 9.47 Å². The van der Waals surface area contributed by atoms with Gasteiger partial charge in [-0.05, 0) is 72.5 Å². The molecule has 4 aromatic carbocycles. The summed E-state index contributed by atoms with van der Waals surface area (Å²) in [5.74, 6) is 2.36. The van der Waals surface area contributed by atoms with Gasteiger partial charge in [-0.1, -0.05) is 24.3 Å². The molecule has 0 heterocycles. The second-order valence-corrected chi connectivity index (χ2v) is 7.50. The minimum atomic E-state index is -0.448. The third-order valence-corrected chi connectivity index (χ3v) is 5.07. The number of hydrogen-bond acceptors (Lipinski definition) is 6. The summed E-state index contributed by atoms with van der Waals surface area (Å²) in [6.45, 7) is 0. The van der Waals surface area contributed by atoms with Crippen LogP contribution in [0.5, 0.6) is 23.0 Å². The van der Waals surface area contributed by atoms with E-state index in [0.717, 1.165) is 24.0 Å². The van der Waals surface area contributed by atoms with E-state index in [-0.39, 0.29) is 11.4 Å². The van der Waals surface area contributed by atoms with E-state index in [9.17, 15) is 20.2 Å². The molecule has 0 amide bonds. The van der Waals surface area contributed by atoms with Gasteiger partial charge in [-0.25, -0.2) is 0 Å². The molecule has 8 heteroatoms. The molecule has 0 atom stereocenters. The topological polar surface area (TPSA) is 105 Å². The van der Waals surface area contributed by atoms with Crippen molar-refractivity contribution >= 4 is 11.4 Å². The van der Waals surface area contributed by atoms with Crippen LogP contribution in [0.3, 0.4) is 0 Å². The van der Waals surface area contributed by atoms with E-state index in [1.54, 1.807) is 24.3 Å². The fourth-order valence-corrected chi connectivity index (χ4v) is 3.36. The maximum absolute atomic E-state index is 10.8. The van der Waals surface area contributed by atoms with Crippen molar-refractivity contribution in [1.82, 2.24) is 0 Å². The lowest BCUT2D eigenvalue weighted by molar-refractivity contribution is -0.385. The average Bonchev–Trinajstić information content (AvgIpc) is 2.84. The number of nitro groups is 2. The fraction of sp³-hybridized carbons (Fsp3) is 0.0769. The van der Waals surface area contributed by atoms with Gasteiger partial charge < -0.3 is 9.47 Å². The van der Waals surface area contributed by atoms with Crippen LogP contribution in [0.25, 0.3) is 0 Å². The van der Waals surface area contributed by atoms with E-state index in [2.05, 4.69) is 0 Å².